The minimum atomic E-state index is -0.558. The van der Waals surface area contributed by atoms with E-state index in [4.69, 9.17) is 5.73 Å². The topological polar surface area (TPSA) is 98.3 Å². The first-order valence-electron chi connectivity index (χ1n) is 6.40. The van der Waals surface area contributed by atoms with Crippen LogP contribution in [0, 0.1) is 10.1 Å². The number of nitrogens with two attached hydrogens (primary N) is 1. The molecule has 1 amide bonds. The summed E-state index contributed by atoms with van der Waals surface area (Å²) < 4.78 is 0. The summed E-state index contributed by atoms with van der Waals surface area (Å²) in [5.74, 6) is -0.224. The Bertz CT molecular complexity index is 536. The van der Waals surface area contributed by atoms with Gasteiger partial charge in [0.05, 0.1) is 4.92 Å². The van der Waals surface area contributed by atoms with Crippen LogP contribution in [-0.4, -0.2) is 28.4 Å². The molecule has 7 heteroatoms. The molecule has 6 nitrogen and oxygen atoms in total. The van der Waals surface area contributed by atoms with E-state index in [2.05, 4.69) is 5.32 Å². The van der Waals surface area contributed by atoms with Gasteiger partial charge >= 0.3 is 0 Å². The second-order valence-corrected chi connectivity index (χ2v) is 5.89. The Morgan fingerprint density at radius 2 is 2.25 bits per heavy atom. The van der Waals surface area contributed by atoms with Crippen molar-refractivity contribution in [1.82, 2.24) is 5.32 Å². The standard InChI is InChI=1S/C13H17N3O3S/c1-20-12-4-2-3-10(12)15-13(17)8-5-6-11(16(18)19)9(14)7-8/h5-7,10,12H,2-4,14H2,1H3,(H,15,17). The highest BCUT2D eigenvalue weighted by atomic mass is 32.2. The molecule has 0 bridgehead atoms. The third kappa shape index (κ3) is 3.04. The Balaban J connectivity index is 2.10. The van der Waals surface area contributed by atoms with Crippen LogP contribution in [0.4, 0.5) is 11.4 Å². The third-order valence-electron chi connectivity index (χ3n) is 3.56. The lowest BCUT2D eigenvalue weighted by Crippen LogP contribution is -2.38. The molecular formula is C13H17N3O3S. The first-order valence-corrected chi connectivity index (χ1v) is 7.69. The van der Waals surface area contributed by atoms with E-state index in [0.29, 0.717) is 10.8 Å². The average Bonchev–Trinajstić information content (AvgIpc) is 2.85. The van der Waals surface area contributed by atoms with Crippen molar-refractivity contribution in [3.63, 3.8) is 0 Å². The van der Waals surface area contributed by atoms with Gasteiger partial charge < -0.3 is 11.1 Å². The Labute approximate surface area is 121 Å². The average molecular weight is 295 g/mol. The van der Waals surface area contributed by atoms with Gasteiger partial charge in [-0.2, -0.15) is 11.8 Å². The van der Waals surface area contributed by atoms with Crippen LogP contribution in [0.25, 0.3) is 0 Å². The van der Waals surface area contributed by atoms with E-state index >= 15 is 0 Å². The highest BCUT2D eigenvalue weighted by Gasteiger charge is 2.28. The molecule has 0 spiro atoms. The monoisotopic (exact) mass is 295 g/mol. The summed E-state index contributed by atoms with van der Waals surface area (Å²) in [6, 6.07) is 4.22. The van der Waals surface area contributed by atoms with Crippen molar-refractivity contribution in [2.45, 2.75) is 30.6 Å². The lowest BCUT2D eigenvalue weighted by Gasteiger charge is -2.19. The molecule has 1 aliphatic carbocycles. The van der Waals surface area contributed by atoms with E-state index < -0.39 is 4.92 Å². The molecule has 0 radical (unpaired) electrons. The van der Waals surface area contributed by atoms with Gasteiger partial charge in [-0.1, -0.05) is 6.42 Å². The Hall–Kier alpha value is -1.76. The number of carbonyl (C=O) groups is 1. The molecule has 0 aromatic heterocycles. The van der Waals surface area contributed by atoms with Gasteiger partial charge in [0.2, 0.25) is 0 Å². The number of nitro groups is 1. The number of nitro benzene ring substituents is 1. The zero-order chi connectivity index (χ0) is 14.7. The van der Waals surface area contributed by atoms with Crippen molar-refractivity contribution in [2.24, 2.45) is 0 Å². The molecule has 1 fully saturated rings. The molecule has 3 N–H and O–H groups in total. The fraction of sp³-hybridized carbons (Fsp3) is 0.462. The van der Waals surface area contributed by atoms with Crippen molar-refractivity contribution in [3.05, 3.63) is 33.9 Å². The van der Waals surface area contributed by atoms with E-state index in [-0.39, 0.29) is 23.3 Å². The van der Waals surface area contributed by atoms with Crippen molar-refractivity contribution >= 4 is 29.0 Å². The number of carbonyl (C=O) groups excluding carboxylic acids is 1. The normalized spacial score (nSPS) is 21.6. The van der Waals surface area contributed by atoms with E-state index in [0.717, 1.165) is 19.3 Å². The minimum Gasteiger partial charge on any atom is -0.393 e. The zero-order valence-electron chi connectivity index (χ0n) is 11.2. The molecule has 2 unspecified atom stereocenters. The Morgan fingerprint density at radius 1 is 1.50 bits per heavy atom. The maximum Gasteiger partial charge on any atom is 0.292 e. The van der Waals surface area contributed by atoms with E-state index in [1.807, 2.05) is 6.26 Å². The SMILES string of the molecule is CSC1CCCC1NC(=O)c1ccc([N+](=O)[O-])c(N)c1. The molecule has 20 heavy (non-hydrogen) atoms. The first kappa shape index (κ1) is 14.6. The summed E-state index contributed by atoms with van der Waals surface area (Å²) in [5.41, 5.74) is 5.79. The van der Waals surface area contributed by atoms with Crippen molar-refractivity contribution in [1.29, 1.82) is 0 Å². The van der Waals surface area contributed by atoms with Gasteiger partial charge in [0, 0.05) is 22.9 Å². The van der Waals surface area contributed by atoms with Gasteiger partial charge in [0.25, 0.3) is 11.6 Å². The molecule has 2 rings (SSSR count). The molecule has 0 aliphatic heterocycles. The summed E-state index contributed by atoms with van der Waals surface area (Å²) >= 11 is 1.76. The minimum absolute atomic E-state index is 0.00971. The van der Waals surface area contributed by atoms with E-state index in [1.165, 1.54) is 18.2 Å². The number of hydrogen-bond donors (Lipinski definition) is 2. The van der Waals surface area contributed by atoms with E-state index in [9.17, 15) is 14.9 Å². The van der Waals surface area contributed by atoms with Crippen LogP contribution in [0.5, 0.6) is 0 Å². The van der Waals surface area contributed by atoms with Crippen LogP contribution in [0.3, 0.4) is 0 Å². The lowest BCUT2D eigenvalue weighted by atomic mass is 10.1. The van der Waals surface area contributed by atoms with Crippen LogP contribution in [0.15, 0.2) is 18.2 Å². The summed E-state index contributed by atoms with van der Waals surface area (Å²) in [4.78, 5) is 22.3. The van der Waals surface area contributed by atoms with Gasteiger partial charge in [-0.05, 0) is 31.2 Å². The summed E-state index contributed by atoms with van der Waals surface area (Å²) in [6.45, 7) is 0. The Kier molecular flexibility index (Phi) is 4.49. The fourth-order valence-corrected chi connectivity index (χ4v) is 3.42. The van der Waals surface area contributed by atoms with Crippen molar-refractivity contribution in [3.8, 4) is 0 Å². The first-order chi connectivity index (χ1) is 9.52. The number of rotatable bonds is 4. The van der Waals surface area contributed by atoms with E-state index in [1.54, 1.807) is 11.8 Å². The maximum absolute atomic E-state index is 12.1. The predicted molar refractivity (Wildman–Crippen MR) is 79.9 cm³/mol. The molecule has 108 valence electrons. The van der Waals surface area contributed by atoms with Gasteiger partial charge in [0.15, 0.2) is 0 Å². The van der Waals surface area contributed by atoms with Crippen molar-refractivity contribution in [2.75, 3.05) is 12.0 Å². The largest absolute Gasteiger partial charge is 0.393 e. The molecule has 1 saturated carbocycles. The predicted octanol–water partition coefficient (Wildman–Crippen LogP) is 2.19. The third-order valence-corrected chi connectivity index (χ3v) is 4.73. The Morgan fingerprint density at radius 3 is 2.85 bits per heavy atom. The van der Waals surface area contributed by atoms with Gasteiger partial charge in [-0.3, -0.25) is 14.9 Å². The van der Waals surface area contributed by atoms with Gasteiger partial charge in [-0.15, -0.1) is 0 Å². The van der Waals surface area contributed by atoms with Crippen LogP contribution in [0.1, 0.15) is 29.6 Å². The molecule has 0 saturated heterocycles. The number of thioether (sulfide) groups is 1. The smallest absolute Gasteiger partial charge is 0.292 e. The second kappa shape index (κ2) is 6.13. The quantitative estimate of drug-likeness (QED) is 0.504. The van der Waals surface area contributed by atoms with Crippen molar-refractivity contribution < 1.29 is 9.72 Å². The molecule has 1 aromatic rings. The molecule has 1 aromatic carbocycles. The highest BCUT2D eigenvalue weighted by molar-refractivity contribution is 7.99. The zero-order valence-corrected chi connectivity index (χ0v) is 12.0. The number of benzene rings is 1. The maximum atomic E-state index is 12.1. The number of anilines is 1. The summed E-state index contributed by atoms with van der Waals surface area (Å²) in [5, 5.41) is 14.1. The number of nitrogens with one attached hydrogen (secondary N) is 1. The fourth-order valence-electron chi connectivity index (χ4n) is 2.49. The summed E-state index contributed by atoms with van der Waals surface area (Å²) in [6.07, 6.45) is 5.23. The molecular weight excluding hydrogens is 278 g/mol. The number of hydrogen-bond acceptors (Lipinski definition) is 5. The number of amides is 1. The second-order valence-electron chi connectivity index (χ2n) is 4.82. The van der Waals surface area contributed by atoms with Gasteiger partial charge in [0.1, 0.15) is 5.69 Å². The number of nitrogens with zero attached hydrogens (tertiary/aromatic N) is 1. The number of nitrogen functional groups attached to an aromatic ring is 1. The van der Waals surface area contributed by atoms with Crippen LogP contribution < -0.4 is 11.1 Å². The van der Waals surface area contributed by atoms with Crippen LogP contribution in [0.2, 0.25) is 0 Å². The molecule has 1 aliphatic rings. The van der Waals surface area contributed by atoms with Crippen LogP contribution in [-0.2, 0) is 0 Å². The highest BCUT2D eigenvalue weighted by Crippen LogP contribution is 2.29. The summed E-state index contributed by atoms with van der Waals surface area (Å²) in [7, 11) is 0. The van der Waals surface area contributed by atoms with Crippen LogP contribution >= 0.6 is 11.8 Å². The molecule has 0 heterocycles. The molecule has 2 atom stereocenters. The van der Waals surface area contributed by atoms with Gasteiger partial charge in [-0.25, -0.2) is 0 Å². The lowest BCUT2D eigenvalue weighted by molar-refractivity contribution is -0.383.